The number of rotatable bonds is 14. The maximum atomic E-state index is 12.1. The maximum absolute atomic E-state index is 12.1. The van der Waals surface area contributed by atoms with E-state index in [1.165, 1.54) is 0 Å². The van der Waals surface area contributed by atoms with E-state index in [4.69, 9.17) is 42.6 Å². The van der Waals surface area contributed by atoms with Crippen LogP contribution in [0.15, 0.2) is 0 Å². The van der Waals surface area contributed by atoms with Crippen LogP contribution in [0.1, 0.15) is 91.9 Å². The lowest BCUT2D eigenvalue weighted by Crippen LogP contribution is -2.64. The van der Waals surface area contributed by atoms with E-state index in [0.717, 1.165) is 38.5 Å². The molecular weight excluding hydrogens is 941 g/mol. The molecule has 0 spiro atoms. The number of ether oxygens (including phenoxy) is 9. The molecule has 5 saturated heterocycles. The Hall–Kier alpha value is -0.880. The molecule has 0 radical (unpaired) electrons. The van der Waals surface area contributed by atoms with Crippen molar-refractivity contribution in [3.63, 3.8) is 0 Å². The van der Waals surface area contributed by atoms with Crippen LogP contribution in [0.2, 0.25) is 0 Å². The Bertz CT molecular complexity index is 1770. The molecule has 0 unspecified atom stereocenters. The highest BCUT2D eigenvalue weighted by atomic mass is 16.8. The fourth-order valence-corrected chi connectivity index (χ4v) is 15.0. The van der Waals surface area contributed by atoms with Gasteiger partial charge in [0.05, 0.1) is 45.2 Å². The van der Waals surface area contributed by atoms with Crippen molar-refractivity contribution in [1.82, 2.24) is 0 Å². The lowest BCUT2D eigenvalue weighted by atomic mass is 9.44. The highest BCUT2D eigenvalue weighted by Gasteiger charge is 2.68. The smallest absolute Gasteiger partial charge is 0.186 e. The van der Waals surface area contributed by atoms with E-state index < -0.39 is 130 Å². The van der Waals surface area contributed by atoms with E-state index in [0.29, 0.717) is 49.4 Å². The second kappa shape index (κ2) is 21.5. The second-order valence-electron chi connectivity index (χ2n) is 23.4. The Kier molecular flexibility index (Phi) is 16.6. The van der Waals surface area contributed by atoms with Crippen molar-refractivity contribution in [2.24, 2.45) is 52.3 Å². The Morgan fingerprint density at radius 3 is 1.96 bits per heavy atom. The van der Waals surface area contributed by atoms with E-state index in [9.17, 15) is 66.4 Å². The van der Waals surface area contributed by atoms with E-state index in [1.54, 1.807) is 0 Å². The lowest BCUT2D eigenvalue weighted by Gasteiger charge is -2.61. The van der Waals surface area contributed by atoms with Crippen molar-refractivity contribution in [2.75, 3.05) is 33.0 Å². The Morgan fingerprint density at radius 2 is 1.25 bits per heavy atom. The van der Waals surface area contributed by atoms with Crippen LogP contribution in [-0.4, -0.2) is 228 Å². The molecule has 71 heavy (non-hydrogen) atoms. The zero-order chi connectivity index (χ0) is 51.1. The van der Waals surface area contributed by atoms with E-state index in [1.807, 2.05) is 6.92 Å². The molecular formula is C49H82O22. The summed E-state index contributed by atoms with van der Waals surface area (Å²) in [5, 5.41) is 137. The number of aliphatic hydroxyl groups is 13. The van der Waals surface area contributed by atoms with Crippen LogP contribution in [0.5, 0.6) is 0 Å². The monoisotopic (exact) mass is 1020 g/mol. The maximum Gasteiger partial charge on any atom is 0.186 e. The molecule has 5 aliphatic heterocycles. The highest BCUT2D eigenvalue weighted by Crippen LogP contribution is 2.71. The molecule has 9 rings (SSSR count). The van der Waals surface area contributed by atoms with Gasteiger partial charge < -0.3 is 109 Å². The molecule has 22 heteroatoms. The molecule has 9 aliphatic rings. The summed E-state index contributed by atoms with van der Waals surface area (Å²) in [4.78, 5) is 0. The van der Waals surface area contributed by atoms with Crippen LogP contribution in [0, 0.1) is 52.3 Å². The third-order valence-corrected chi connectivity index (χ3v) is 19.3. The van der Waals surface area contributed by atoms with Gasteiger partial charge in [-0.3, -0.25) is 0 Å². The number of fused-ring (bicyclic) bond motifs is 7. The number of hydrogen-bond acceptors (Lipinski definition) is 22. The van der Waals surface area contributed by atoms with Crippen LogP contribution in [0.4, 0.5) is 0 Å². The van der Waals surface area contributed by atoms with Gasteiger partial charge in [-0.15, -0.1) is 0 Å². The largest absolute Gasteiger partial charge is 0.394 e. The summed E-state index contributed by atoms with van der Waals surface area (Å²) >= 11 is 0. The predicted molar refractivity (Wildman–Crippen MR) is 240 cm³/mol. The third-order valence-electron chi connectivity index (χ3n) is 19.3. The van der Waals surface area contributed by atoms with Crippen molar-refractivity contribution in [3.8, 4) is 0 Å². The molecule has 4 aliphatic carbocycles. The lowest BCUT2D eigenvalue weighted by molar-refractivity contribution is -0.362. The predicted octanol–water partition coefficient (Wildman–Crippen LogP) is -2.68. The summed E-state index contributed by atoms with van der Waals surface area (Å²) in [6.45, 7) is 7.39. The fraction of sp³-hybridized carbons (Fsp3) is 1.00. The zero-order valence-corrected chi connectivity index (χ0v) is 41.2. The molecule has 30 atom stereocenters. The summed E-state index contributed by atoms with van der Waals surface area (Å²) in [5.41, 5.74) is 0.0142. The van der Waals surface area contributed by atoms with Gasteiger partial charge in [-0.1, -0.05) is 27.7 Å². The average Bonchev–Trinajstić information content (AvgIpc) is 3.78. The molecule has 0 amide bonds. The van der Waals surface area contributed by atoms with Gasteiger partial charge in [0, 0.05) is 12.3 Å². The van der Waals surface area contributed by atoms with Crippen molar-refractivity contribution in [3.05, 3.63) is 0 Å². The molecule has 4 saturated carbocycles. The normalized spacial score (nSPS) is 55.7. The van der Waals surface area contributed by atoms with Gasteiger partial charge in [0.2, 0.25) is 0 Å². The summed E-state index contributed by atoms with van der Waals surface area (Å²) in [5.74, 6) is 0.421. The van der Waals surface area contributed by atoms with Crippen LogP contribution in [0.25, 0.3) is 0 Å². The summed E-state index contributed by atoms with van der Waals surface area (Å²) < 4.78 is 53.3. The Morgan fingerprint density at radius 1 is 0.620 bits per heavy atom. The zero-order valence-electron chi connectivity index (χ0n) is 41.2. The Balaban J connectivity index is 0.798. The van der Waals surface area contributed by atoms with Gasteiger partial charge in [0.15, 0.2) is 30.9 Å². The van der Waals surface area contributed by atoms with Gasteiger partial charge in [-0.05, 0) is 104 Å². The quantitative estimate of drug-likeness (QED) is 0.0789. The highest BCUT2D eigenvalue weighted by molar-refractivity contribution is 5.15. The van der Waals surface area contributed by atoms with Gasteiger partial charge in [-0.25, -0.2) is 0 Å². The SMILES string of the molecule is C[C@@H](CC[C@@]1(O)O[C@H]2C[C@H]3[C@@H]4CC[C@@H]5C[C@H](O[C@@H]6O[C@H](CO[C@@H]7OC[C@H](O)[C@H](O)[C@H]7O)[C@@H](O[C@@H]7OC[C@@H](O)[C@H](O)[C@H]7O)[C@H](O)[C@H]6O)CC[C@@]5(C)[C@H]4CC[C@@]3(C)[C@H]2[C@@H]1C)CO[C@@H]1O[C@H](CO)[C@@H](O)[C@H](O)[C@H]1O. The van der Waals surface area contributed by atoms with Gasteiger partial charge in [-0.2, -0.15) is 0 Å². The van der Waals surface area contributed by atoms with Gasteiger partial charge >= 0.3 is 0 Å². The average molecular weight is 1020 g/mol. The third kappa shape index (κ3) is 10.2. The first-order chi connectivity index (χ1) is 33.6. The van der Waals surface area contributed by atoms with Crippen LogP contribution < -0.4 is 0 Å². The molecule has 5 heterocycles. The minimum Gasteiger partial charge on any atom is -0.394 e. The molecule has 9 fully saturated rings. The standard InChI is InChI=1S/C49H82O22/c1-20(16-63-44-40(60)36(56)35(55)30(15-50)68-44)7-12-49(62)21(2)32-29(71-49)14-26-24-6-5-22-13-23(8-10-47(22,3)25(24)9-11-48(26,32)4)67-46-41(61)37(57)42(70-45-39(59)34(54)28(52)18-65-45)31(69-46)19-66-43-38(58)33(53)27(51)17-64-43/h20-46,50-62H,5-19H2,1-4H3/t20-,21-,22+,23+,24+,25-,26-,27-,28+,29-,30+,31+,32-,33-,34-,35+,36-,37+,38+,39+,40+,41+,42+,43-,44+,45-,46+,47+,48+,49+/m0/s1. The van der Waals surface area contributed by atoms with Crippen molar-refractivity contribution in [2.45, 2.75) is 221 Å². The van der Waals surface area contributed by atoms with Crippen molar-refractivity contribution < 1.29 is 109 Å². The molecule has 22 nitrogen and oxygen atoms in total. The van der Waals surface area contributed by atoms with Gasteiger partial charge in [0.25, 0.3) is 0 Å². The minimum atomic E-state index is -1.72. The number of aliphatic hydroxyl groups excluding tert-OH is 12. The first-order valence-electron chi connectivity index (χ1n) is 26.2. The van der Waals surface area contributed by atoms with Gasteiger partial charge in [0.1, 0.15) is 85.5 Å². The van der Waals surface area contributed by atoms with Crippen molar-refractivity contribution in [1.29, 1.82) is 0 Å². The Labute approximate surface area is 414 Å². The molecule has 0 aromatic carbocycles. The van der Waals surface area contributed by atoms with Crippen LogP contribution >= 0.6 is 0 Å². The molecule has 0 aromatic rings. The summed E-state index contributed by atoms with van der Waals surface area (Å²) in [7, 11) is 0. The number of hydrogen-bond donors (Lipinski definition) is 13. The molecule has 13 N–H and O–H groups in total. The second-order valence-corrected chi connectivity index (χ2v) is 23.4. The van der Waals surface area contributed by atoms with E-state index in [2.05, 4.69) is 20.8 Å². The minimum absolute atomic E-state index is 0.0152. The molecule has 0 aromatic heterocycles. The molecule has 410 valence electrons. The summed E-state index contributed by atoms with van der Waals surface area (Å²) in [6.07, 6.45) is -18.4. The first-order valence-corrected chi connectivity index (χ1v) is 26.2. The molecule has 0 bridgehead atoms. The fourth-order valence-electron chi connectivity index (χ4n) is 15.0. The summed E-state index contributed by atoms with van der Waals surface area (Å²) in [6, 6.07) is 0. The first kappa shape index (κ1) is 54.9. The van der Waals surface area contributed by atoms with E-state index >= 15 is 0 Å². The topological polar surface area (TPSA) is 346 Å². The van der Waals surface area contributed by atoms with Crippen molar-refractivity contribution >= 4 is 0 Å². The van der Waals surface area contributed by atoms with Crippen LogP contribution in [0.3, 0.4) is 0 Å². The van der Waals surface area contributed by atoms with E-state index in [-0.39, 0.29) is 60.6 Å². The van der Waals surface area contributed by atoms with Crippen LogP contribution in [-0.2, 0) is 42.6 Å².